The lowest BCUT2D eigenvalue weighted by Crippen LogP contribution is -2.34. The quantitative estimate of drug-likeness (QED) is 0.161. The number of anilines is 2. The highest BCUT2D eigenvalue weighted by Gasteiger charge is 2.27. The minimum absolute atomic E-state index is 0.0665. The van der Waals surface area contributed by atoms with Crippen LogP contribution in [-0.4, -0.2) is 50.2 Å². The predicted molar refractivity (Wildman–Crippen MR) is 151 cm³/mol. The Morgan fingerprint density at radius 2 is 1.52 bits per heavy atom. The number of hydrogen-bond donors (Lipinski definition) is 6. The van der Waals surface area contributed by atoms with Crippen molar-refractivity contribution in [3.63, 3.8) is 0 Å². The lowest BCUT2D eigenvalue weighted by Gasteiger charge is -2.24. The fourth-order valence-electron chi connectivity index (χ4n) is 3.49. The van der Waals surface area contributed by atoms with Crippen molar-refractivity contribution in [3.05, 3.63) is 83.4 Å². The van der Waals surface area contributed by atoms with E-state index in [2.05, 4.69) is 16.0 Å². The molecule has 0 aliphatic heterocycles. The molecular formula is C28H33N5O7. The summed E-state index contributed by atoms with van der Waals surface area (Å²) in [5.74, 6) is -0.516. The third-order valence-electron chi connectivity index (χ3n) is 5.37. The molecule has 12 nitrogen and oxygen atoms in total. The summed E-state index contributed by atoms with van der Waals surface area (Å²) in [7, 11) is 4.19. The number of carboxylic acid groups (broad SMARTS) is 1. The van der Waals surface area contributed by atoms with Crippen LogP contribution in [0, 0.1) is 5.41 Å². The third-order valence-corrected chi connectivity index (χ3v) is 5.37. The number of methoxy groups -OCH3 is 3. The highest BCUT2D eigenvalue weighted by molar-refractivity contribution is 5.95. The molecule has 1 unspecified atom stereocenters. The molecule has 212 valence electrons. The molecule has 0 heterocycles. The van der Waals surface area contributed by atoms with Gasteiger partial charge in [-0.25, -0.2) is 4.79 Å². The largest absolute Gasteiger partial charge is 0.493 e. The van der Waals surface area contributed by atoms with Crippen molar-refractivity contribution >= 4 is 35.2 Å². The Morgan fingerprint density at radius 3 is 2.05 bits per heavy atom. The zero-order valence-corrected chi connectivity index (χ0v) is 22.6. The summed E-state index contributed by atoms with van der Waals surface area (Å²) in [4.78, 5) is 34.6. The number of carboxylic acids is 1. The number of nitrogens with two attached hydrogens (primary N) is 1. The molecule has 7 N–H and O–H groups in total. The van der Waals surface area contributed by atoms with Crippen LogP contribution in [0.15, 0.2) is 66.7 Å². The lowest BCUT2D eigenvalue weighted by atomic mass is 10.0. The van der Waals surface area contributed by atoms with Gasteiger partial charge >= 0.3 is 6.09 Å². The van der Waals surface area contributed by atoms with Gasteiger partial charge in [0.15, 0.2) is 11.5 Å². The summed E-state index contributed by atoms with van der Waals surface area (Å²) in [5, 5.41) is 23.8. The molecule has 0 bridgehead atoms. The van der Waals surface area contributed by atoms with E-state index >= 15 is 0 Å². The summed E-state index contributed by atoms with van der Waals surface area (Å²) in [6.45, 7) is 1.38. The Kier molecular flexibility index (Phi) is 11.8. The van der Waals surface area contributed by atoms with Gasteiger partial charge < -0.3 is 35.7 Å². The zero-order valence-electron chi connectivity index (χ0n) is 22.6. The molecule has 0 aliphatic carbocycles. The van der Waals surface area contributed by atoms with Gasteiger partial charge in [0.05, 0.1) is 27.0 Å². The molecule has 2 amide bonds. The van der Waals surface area contributed by atoms with E-state index in [0.29, 0.717) is 40.5 Å². The highest BCUT2D eigenvalue weighted by Crippen LogP contribution is 2.37. The summed E-state index contributed by atoms with van der Waals surface area (Å²) in [6.07, 6.45) is -0.710. The fourth-order valence-corrected chi connectivity index (χ4v) is 3.49. The average molecular weight is 552 g/mol. The van der Waals surface area contributed by atoms with E-state index in [1.54, 1.807) is 36.4 Å². The summed E-state index contributed by atoms with van der Waals surface area (Å²) in [5.41, 5.74) is 8.34. The Bertz CT molecular complexity index is 1310. The SMILES string of the molecule is CC(=O)O.COC(=O)Nc1cc(OC)c(OC)cc1C(Nc1ccc(C(=N)N)cc1)C(=O)NCc1ccccc1. The molecule has 0 spiro atoms. The van der Waals surface area contributed by atoms with Gasteiger partial charge in [-0.1, -0.05) is 30.3 Å². The van der Waals surface area contributed by atoms with Gasteiger partial charge in [-0.3, -0.25) is 20.3 Å². The maximum absolute atomic E-state index is 13.5. The molecule has 3 aromatic rings. The Balaban J connectivity index is 0.00000131. The Labute approximate surface area is 231 Å². The van der Waals surface area contributed by atoms with Crippen LogP contribution in [0.2, 0.25) is 0 Å². The van der Waals surface area contributed by atoms with Gasteiger partial charge in [-0.2, -0.15) is 0 Å². The standard InChI is InChI=1S/C26H29N5O5.C2H4O2/c1-34-21-13-19(20(14-22(21)35-2)31-26(33)36-3)23(25(32)29-15-16-7-5-4-6-8-16)30-18-11-9-17(10-12-18)24(27)28;1-2(3)4/h4-14,23,30H,15H2,1-3H3,(H3,27,28)(H,29,32)(H,31,33);1H3,(H,3,4). The van der Waals surface area contributed by atoms with Crippen LogP contribution in [0.4, 0.5) is 16.2 Å². The van der Waals surface area contributed by atoms with Gasteiger partial charge in [0.25, 0.3) is 5.97 Å². The molecule has 0 aromatic heterocycles. The van der Waals surface area contributed by atoms with E-state index in [4.69, 9.17) is 35.3 Å². The van der Waals surface area contributed by atoms with Gasteiger partial charge in [0.1, 0.15) is 11.9 Å². The Morgan fingerprint density at radius 1 is 0.950 bits per heavy atom. The van der Waals surface area contributed by atoms with Crippen LogP contribution in [0.25, 0.3) is 0 Å². The van der Waals surface area contributed by atoms with Crippen molar-refractivity contribution < 1.29 is 33.7 Å². The first-order chi connectivity index (χ1) is 19.1. The molecular weight excluding hydrogens is 518 g/mol. The number of carbonyl (C=O) groups excluding carboxylic acids is 2. The number of nitrogens with one attached hydrogen (secondary N) is 4. The van der Waals surface area contributed by atoms with Crippen molar-refractivity contribution in [2.45, 2.75) is 19.5 Å². The third kappa shape index (κ3) is 9.24. The maximum atomic E-state index is 13.5. The van der Waals surface area contributed by atoms with Crippen molar-refractivity contribution in [1.82, 2.24) is 5.32 Å². The van der Waals surface area contributed by atoms with Gasteiger partial charge in [0, 0.05) is 36.3 Å². The van der Waals surface area contributed by atoms with Crippen LogP contribution in [0.5, 0.6) is 11.5 Å². The number of benzene rings is 3. The average Bonchev–Trinajstić information content (AvgIpc) is 2.94. The lowest BCUT2D eigenvalue weighted by molar-refractivity contribution is -0.134. The second-order valence-corrected chi connectivity index (χ2v) is 8.20. The molecule has 3 rings (SSSR count). The number of aliphatic carboxylic acids is 1. The van der Waals surface area contributed by atoms with Crippen LogP contribution >= 0.6 is 0 Å². The zero-order chi connectivity index (χ0) is 29.7. The van der Waals surface area contributed by atoms with Crippen LogP contribution < -0.4 is 31.2 Å². The minimum Gasteiger partial charge on any atom is -0.493 e. The second kappa shape index (κ2) is 15.2. The highest BCUT2D eigenvalue weighted by atomic mass is 16.5. The van der Waals surface area contributed by atoms with E-state index in [1.807, 2.05) is 30.3 Å². The van der Waals surface area contributed by atoms with Crippen molar-refractivity contribution in [3.8, 4) is 11.5 Å². The van der Waals surface area contributed by atoms with Gasteiger partial charge in [0.2, 0.25) is 5.91 Å². The molecule has 12 heteroatoms. The van der Waals surface area contributed by atoms with Gasteiger partial charge in [-0.15, -0.1) is 0 Å². The fraction of sp³-hybridized carbons (Fsp3) is 0.214. The molecule has 0 saturated heterocycles. The topological polar surface area (TPSA) is 185 Å². The molecule has 3 aromatic carbocycles. The van der Waals surface area contributed by atoms with E-state index in [-0.39, 0.29) is 11.7 Å². The van der Waals surface area contributed by atoms with Crippen molar-refractivity contribution in [1.29, 1.82) is 5.41 Å². The smallest absolute Gasteiger partial charge is 0.411 e. The number of amidine groups is 1. The van der Waals surface area contributed by atoms with E-state index in [9.17, 15) is 9.59 Å². The first-order valence-electron chi connectivity index (χ1n) is 11.9. The molecule has 0 radical (unpaired) electrons. The number of nitrogen functional groups attached to an aromatic ring is 1. The number of amides is 2. The Hall–Kier alpha value is -5.26. The van der Waals surface area contributed by atoms with Crippen LogP contribution in [0.1, 0.15) is 29.7 Å². The molecule has 0 saturated carbocycles. The predicted octanol–water partition coefficient (Wildman–Crippen LogP) is 3.73. The first kappa shape index (κ1) is 31.0. The summed E-state index contributed by atoms with van der Waals surface area (Å²) in [6, 6.07) is 18.5. The number of rotatable bonds is 10. The molecule has 0 aliphatic rings. The normalized spacial score (nSPS) is 10.6. The number of carbonyl (C=O) groups is 3. The molecule has 0 fully saturated rings. The summed E-state index contributed by atoms with van der Waals surface area (Å²) < 4.78 is 15.6. The van der Waals surface area contributed by atoms with Crippen LogP contribution in [-0.2, 0) is 20.9 Å². The number of ether oxygens (including phenoxy) is 3. The first-order valence-corrected chi connectivity index (χ1v) is 11.9. The van der Waals surface area contributed by atoms with Crippen molar-refractivity contribution in [2.75, 3.05) is 32.0 Å². The molecule has 1 atom stereocenters. The second-order valence-electron chi connectivity index (χ2n) is 8.20. The van der Waals surface area contributed by atoms with Crippen LogP contribution in [0.3, 0.4) is 0 Å². The van der Waals surface area contributed by atoms with E-state index in [0.717, 1.165) is 12.5 Å². The van der Waals surface area contributed by atoms with Crippen molar-refractivity contribution in [2.24, 2.45) is 5.73 Å². The monoisotopic (exact) mass is 551 g/mol. The minimum atomic E-state index is -0.955. The van der Waals surface area contributed by atoms with E-state index in [1.165, 1.54) is 21.3 Å². The molecule has 40 heavy (non-hydrogen) atoms. The van der Waals surface area contributed by atoms with E-state index < -0.39 is 18.1 Å². The van der Waals surface area contributed by atoms with Gasteiger partial charge in [-0.05, 0) is 35.9 Å². The maximum Gasteiger partial charge on any atom is 0.411 e. The number of hydrogen-bond acceptors (Lipinski definition) is 8. The summed E-state index contributed by atoms with van der Waals surface area (Å²) >= 11 is 0.